The smallest absolute Gasteiger partial charge is 0.243 e. The lowest BCUT2D eigenvalue weighted by molar-refractivity contribution is -0.114. The zero-order chi connectivity index (χ0) is 16.8. The van der Waals surface area contributed by atoms with Crippen LogP contribution in [0.4, 0.5) is 11.4 Å². The quantitative estimate of drug-likeness (QED) is 0.820. The number of nitrogens with one attached hydrogen (secondary N) is 2. The van der Waals surface area contributed by atoms with Crippen LogP contribution in [0.5, 0.6) is 11.5 Å². The number of carbonyl (C=O) groups is 1. The number of hydrogen-bond acceptors (Lipinski definition) is 4. The fourth-order valence-electron chi connectivity index (χ4n) is 1.93. The highest BCUT2D eigenvalue weighted by Gasteiger charge is 2.10. The summed E-state index contributed by atoms with van der Waals surface area (Å²) in [4.78, 5) is 12.0. The van der Waals surface area contributed by atoms with Crippen LogP contribution in [0.15, 0.2) is 36.4 Å². The van der Waals surface area contributed by atoms with Gasteiger partial charge in [0.1, 0.15) is 0 Å². The van der Waals surface area contributed by atoms with Gasteiger partial charge in [-0.3, -0.25) is 4.79 Å². The van der Waals surface area contributed by atoms with Crippen LogP contribution < -0.4 is 20.1 Å². The third-order valence-corrected chi connectivity index (χ3v) is 3.69. The number of hydrogen-bond donors (Lipinski definition) is 2. The van der Waals surface area contributed by atoms with Crippen LogP contribution in [0.2, 0.25) is 10.0 Å². The van der Waals surface area contributed by atoms with E-state index in [1.54, 1.807) is 50.6 Å². The van der Waals surface area contributed by atoms with E-state index in [1.165, 1.54) is 0 Å². The van der Waals surface area contributed by atoms with Crippen molar-refractivity contribution in [3.05, 3.63) is 46.4 Å². The van der Waals surface area contributed by atoms with Crippen molar-refractivity contribution in [1.29, 1.82) is 0 Å². The molecule has 7 heteroatoms. The maximum atomic E-state index is 12.0. The number of para-hydroxylation sites is 1. The minimum Gasteiger partial charge on any atom is -0.493 e. The maximum Gasteiger partial charge on any atom is 0.243 e. The Kier molecular flexibility index (Phi) is 5.96. The molecule has 23 heavy (non-hydrogen) atoms. The number of benzene rings is 2. The van der Waals surface area contributed by atoms with Gasteiger partial charge in [-0.15, -0.1) is 0 Å². The predicted molar refractivity (Wildman–Crippen MR) is 93.1 cm³/mol. The molecule has 122 valence electrons. The van der Waals surface area contributed by atoms with Crippen molar-refractivity contribution in [1.82, 2.24) is 0 Å². The maximum absolute atomic E-state index is 12.0. The van der Waals surface area contributed by atoms with E-state index in [4.69, 9.17) is 32.7 Å². The lowest BCUT2D eigenvalue weighted by atomic mass is 10.2. The van der Waals surface area contributed by atoms with E-state index in [0.29, 0.717) is 27.2 Å². The van der Waals surface area contributed by atoms with E-state index in [0.717, 1.165) is 5.69 Å². The molecule has 0 aromatic heterocycles. The molecule has 1 amide bonds. The van der Waals surface area contributed by atoms with Crippen LogP contribution in [-0.4, -0.2) is 26.7 Å². The average Bonchev–Trinajstić information content (AvgIpc) is 2.56. The van der Waals surface area contributed by atoms with Crippen molar-refractivity contribution in [2.45, 2.75) is 0 Å². The summed E-state index contributed by atoms with van der Waals surface area (Å²) in [7, 11) is 3.11. The van der Waals surface area contributed by atoms with E-state index in [9.17, 15) is 4.79 Å². The van der Waals surface area contributed by atoms with Crippen LogP contribution in [-0.2, 0) is 4.79 Å². The first-order valence-corrected chi connectivity index (χ1v) is 7.50. The molecule has 0 saturated heterocycles. The molecule has 0 aliphatic rings. The second-order valence-electron chi connectivity index (χ2n) is 4.57. The van der Waals surface area contributed by atoms with Gasteiger partial charge in [-0.05, 0) is 24.3 Å². The molecule has 0 heterocycles. The second-order valence-corrected chi connectivity index (χ2v) is 5.38. The fraction of sp³-hybridized carbons (Fsp3) is 0.188. The largest absolute Gasteiger partial charge is 0.493 e. The fourth-order valence-corrected chi connectivity index (χ4v) is 2.42. The van der Waals surface area contributed by atoms with Crippen LogP contribution in [0, 0.1) is 0 Å². The first-order chi connectivity index (χ1) is 11.0. The second kappa shape index (κ2) is 7.94. The molecule has 0 radical (unpaired) electrons. The Bertz CT molecular complexity index is 687. The standard InChI is InChI=1S/C16H16Cl2N2O3/c1-22-13-7-6-10(8-14(13)23-2)19-9-15(21)20-16-11(17)4-3-5-12(16)18/h3-8,19H,9H2,1-2H3,(H,20,21). The summed E-state index contributed by atoms with van der Waals surface area (Å²) in [6, 6.07) is 10.3. The summed E-state index contributed by atoms with van der Waals surface area (Å²) < 4.78 is 10.4. The van der Waals surface area contributed by atoms with E-state index >= 15 is 0 Å². The summed E-state index contributed by atoms with van der Waals surface area (Å²) in [5.41, 5.74) is 1.12. The molecule has 0 unspecified atom stereocenters. The number of anilines is 2. The Labute approximate surface area is 144 Å². The summed E-state index contributed by atoms with van der Waals surface area (Å²) in [5, 5.41) is 6.45. The molecule has 2 aromatic carbocycles. The molecular weight excluding hydrogens is 339 g/mol. The molecule has 0 atom stereocenters. The first kappa shape index (κ1) is 17.2. The normalized spacial score (nSPS) is 10.1. The number of carbonyl (C=O) groups excluding carboxylic acids is 1. The highest BCUT2D eigenvalue weighted by molar-refractivity contribution is 6.39. The van der Waals surface area contributed by atoms with Gasteiger partial charge in [-0.1, -0.05) is 29.3 Å². The molecule has 0 aliphatic carbocycles. The predicted octanol–water partition coefficient (Wildman–Crippen LogP) is 4.06. The van der Waals surface area contributed by atoms with Crippen LogP contribution in [0.25, 0.3) is 0 Å². The number of methoxy groups -OCH3 is 2. The zero-order valence-electron chi connectivity index (χ0n) is 12.7. The Balaban J connectivity index is 1.99. The van der Waals surface area contributed by atoms with Crippen LogP contribution in [0.3, 0.4) is 0 Å². The summed E-state index contributed by atoms with van der Waals surface area (Å²) in [6.07, 6.45) is 0. The highest BCUT2D eigenvalue weighted by atomic mass is 35.5. The number of rotatable bonds is 6. The molecule has 5 nitrogen and oxygen atoms in total. The molecule has 2 rings (SSSR count). The SMILES string of the molecule is COc1ccc(NCC(=O)Nc2c(Cl)cccc2Cl)cc1OC. The van der Waals surface area contributed by atoms with E-state index in [2.05, 4.69) is 10.6 Å². The molecule has 0 bridgehead atoms. The number of ether oxygens (including phenoxy) is 2. The van der Waals surface area contributed by atoms with Gasteiger partial charge in [-0.25, -0.2) is 0 Å². The van der Waals surface area contributed by atoms with E-state index in [1.807, 2.05) is 0 Å². The Hall–Kier alpha value is -2.11. The minimum absolute atomic E-state index is 0.0526. The third-order valence-electron chi connectivity index (χ3n) is 3.06. The molecule has 0 fully saturated rings. The van der Waals surface area contributed by atoms with Crippen molar-refractivity contribution >= 4 is 40.5 Å². The van der Waals surface area contributed by atoms with Gasteiger partial charge in [0.2, 0.25) is 5.91 Å². The average molecular weight is 355 g/mol. The Morgan fingerprint density at radius 3 is 2.30 bits per heavy atom. The van der Waals surface area contributed by atoms with Crippen LogP contribution >= 0.6 is 23.2 Å². The molecular formula is C16H16Cl2N2O3. The van der Waals surface area contributed by atoms with E-state index in [-0.39, 0.29) is 12.5 Å². The Morgan fingerprint density at radius 2 is 1.70 bits per heavy atom. The van der Waals surface area contributed by atoms with Gasteiger partial charge in [0.25, 0.3) is 0 Å². The van der Waals surface area contributed by atoms with Crippen molar-refractivity contribution < 1.29 is 14.3 Å². The van der Waals surface area contributed by atoms with Gasteiger partial charge in [0, 0.05) is 11.8 Å². The lowest BCUT2D eigenvalue weighted by Crippen LogP contribution is -2.22. The molecule has 2 aromatic rings. The summed E-state index contributed by atoms with van der Waals surface area (Å²) in [5.74, 6) is 0.923. The van der Waals surface area contributed by atoms with Crippen molar-refractivity contribution in [3.63, 3.8) is 0 Å². The summed E-state index contributed by atoms with van der Waals surface area (Å²) >= 11 is 12.0. The van der Waals surface area contributed by atoms with Crippen LogP contribution in [0.1, 0.15) is 0 Å². The molecule has 0 saturated carbocycles. The van der Waals surface area contributed by atoms with Gasteiger partial charge >= 0.3 is 0 Å². The lowest BCUT2D eigenvalue weighted by Gasteiger charge is -2.12. The molecule has 0 aliphatic heterocycles. The molecule has 0 spiro atoms. The first-order valence-electron chi connectivity index (χ1n) is 6.75. The van der Waals surface area contributed by atoms with Crippen molar-refractivity contribution in [2.75, 3.05) is 31.4 Å². The Morgan fingerprint density at radius 1 is 1.04 bits per heavy atom. The van der Waals surface area contributed by atoms with Gasteiger partial charge in [-0.2, -0.15) is 0 Å². The van der Waals surface area contributed by atoms with E-state index < -0.39 is 0 Å². The third kappa shape index (κ3) is 4.43. The number of amides is 1. The topological polar surface area (TPSA) is 59.6 Å². The molecule has 2 N–H and O–H groups in total. The van der Waals surface area contributed by atoms with Gasteiger partial charge in [0.05, 0.1) is 36.5 Å². The zero-order valence-corrected chi connectivity index (χ0v) is 14.2. The monoisotopic (exact) mass is 354 g/mol. The number of halogens is 2. The van der Waals surface area contributed by atoms with Gasteiger partial charge < -0.3 is 20.1 Å². The minimum atomic E-state index is -0.269. The summed E-state index contributed by atoms with van der Waals surface area (Å²) in [6.45, 7) is 0.0526. The van der Waals surface area contributed by atoms with Crippen molar-refractivity contribution in [3.8, 4) is 11.5 Å². The van der Waals surface area contributed by atoms with Crippen molar-refractivity contribution in [2.24, 2.45) is 0 Å². The van der Waals surface area contributed by atoms with Gasteiger partial charge in [0.15, 0.2) is 11.5 Å². The highest BCUT2D eigenvalue weighted by Crippen LogP contribution is 2.31.